The maximum Gasteiger partial charge on any atom is 0.219 e. The Balaban J connectivity index is 2.37. The van der Waals surface area contributed by atoms with Gasteiger partial charge in [0.15, 0.2) is 0 Å². The number of nitrogens with zero attached hydrogens (tertiary/aromatic N) is 1. The SMILES string of the molecule is NCC(CC(N)=O)N1CCCC1. The lowest BCUT2D eigenvalue weighted by atomic mass is 10.2. The van der Waals surface area contributed by atoms with Crippen molar-refractivity contribution in [2.45, 2.75) is 25.3 Å². The molecule has 1 atom stereocenters. The van der Waals surface area contributed by atoms with Crippen LogP contribution in [0.3, 0.4) is 0 Å². The van der Waals surface area contributed by atoms with Crippen LogP contribution in [0.5, 0.6) is 0 Å². The van der Waals surface area contributed by atoms with E-state index in [2.05, 4.69) is 4.90 Å². The van der Waals surface area contributed by atoms with E-state index in [-0.39, 0.29) is 11.9 Å². The Labute approximate surface area is 72.9 Å². The summed E-state index contributed by atoms with van der Waals surface area (Å²) in [6, 6.07) is 0.171. The minimum atomic E-state index is -0.252. The van der Waals surface area contributed by atoms with Crippen molar-refractivity contribution in [2.24, 2.45) is 11.5 Å². The minimum absolute atomic E-state index is 0.171. The molecule has 0 aromatic heterocycles. The van der Waals surface area contributed by atoms with Gasteiger partial charge in [-0.05, 0) is 25.9 Å². The van der Waals surface area contributed by atoms with Gasteiger partial charge in [-0.25, -0.2) is 0 Å². The molecule has 4 nitrogen and oxygen atoms in total. The van der Waals surface area contributed by atoms with Crippen LogP contribution in [-0.2, 0) is 4.79 Å². The third-order valence-corrected chi connectivity index (χ3v) is 2.37. The second-order valence-electron chi connectivity index (χ2n) is 3.30. The number of likely N-dealkylation sites (tertiary alicyclic amines) is 1. The zero-order valence-electron chi connectivity index (χ0n) is 7.33. The molecule has 12 heavy (non-hydrogen) atoms. The van der Waals surface area contributed by atoms with Gasteiger partial charge in [0.25, 0.3) is 0 Å². The Morgan fingerprint density at radius 2 is 2.00 bits per heavy atom. The zero-order valence-corrected chi connectivity index (χ0v) is 7.33. The Bertz CT molecular complexity index is 154. The summed E-state index contributed by atoms with van der Waals surface area (Å²) in [5, 5.41) is 0. The fraction of sp³-hybridized carbons (Fsp3) is 0.875. The molecule has 70 valence electrons. The number of amides is 1. The van der Waals surface area contributed by atoms with Crippen LogP contribution in [0.25, 0.3) is 0 Å². The number of rotatable bonds is 4. The van der Waals surface area contributed by atoms with Crippen molar-refractivity contribution >= 4 is 5.91 Å². The Hall–Kier alpha value is -0.610. The predicted octanol–water partition coefficient (Wildman–Crippen LogP) is -0.715. The molecule has 1 heterocycles. The van der Waals surface area contributed by atoms with E-state index in [0.717, 1.165) is 13.1 Å². The summed E-state index contributed by atoms with van der Waals surface area (Å²) in [4.78, 5) is 12.9. The molecule has 0 aliphatic carbocycles. The average molecular weight is 171 g/mol. The molecule has 4 N–H and O–H groups in total. The van der Waals surface area contributed by atoms with Crippen molar-refractivity contribution in [1.82, 2.24) is 4.90 Å². The molecule has 0 saturated carbocycles. The minimum Gasteiger partial charge on any atom is -0.370 e. The number of carbonyl (C=O) groups is 1. The van der Waals surface area contributed by atoms with E-state index in [0.29, 0.717) is 13.0 Å². The predicted molar refractivity (Wildman–Crippen MR) is 47.5 cm³/mol. The molecule has 1 fully saturated rings. The van der Waals surface area contributed by atoms with E-state index in [4.69, 9.17) is 11.5 Å². The lowest BCUT2D eigenvalue weighted by Crippen LogP contribution is -2.41. The number of nitrogens with two attached hydrogens (primary N) is 2. The topological polar surface area (TPSA) is 72.3 Å². The number of hydrogen-bond donors (Lipinski definition) is 2. The third kappa shape index (κ3) is 2.46. The van der Waals surface area contributed by atoms with Gasteiger partial charge in [-0.1, -0.05) is 0 Å². The van der Waals surface area contributed by atoms with Crippen LogP contribution in [0.4, 0.5) is 0 Å². The van der Waals surface area contributed by atoms with Crippen molar-refractivity contribution in [2.75, 3.05) is 19.6 Å². The van der Waals surface area contributed by atoms with Crippen LogP contribution in [0.15, 0.2) is 0 Å². The highest BCUT2D eigenvalue weighted by Gasteiger charge is 2.21. The van der Waals surface area contributed by atoms with Crippen molar-refractivity contribution in [3.8, 4) is 0 Å². The first-order chi connectivity index (χ1) is 5.74. The molecule has 1 unspecified atom stereocenters. The number of carbonyl (C=O) groups excluding carboxylic acids is 1. The smallest absolute Gasteiger partial charge is 0.219 e. The molecule has 4 heteroatoms. The lowest BCUT2D eigenvalue weighted by molar-refractivity contribution is -0.119. The van der Waals surface area contributed by atoms with Gasteiger partial charge in [0, 0.05) is 19.0 Å². The first kappa shape index (κ1) is 9.48. The van der Waals surface area contributed by atoms with Gasteiger partial charge in [-0.15, -0.1) is 0 Å². The van der Waals surface area contributed by atoms with Crippen molar-refractivity contribution in [3.05, 3.63) is 0 Å². The quantitative estimate of drug-likeness (QED) is 0.586. The Morgan fingerprint density at radius 3 is 2.42 bits per heavy atom. The van der Waals surface area contributed by atoms with E-state index in [1.54, 1.807) is 0 Å². The Morgan fingerprint density at radius 1 is 1.42 bits per heavy atom. The van der Waals surface area contributed by atoms with Crippen molar-refractivity contribution in [3.63, 3.8) is 0 Å². The summed E-state index contributed by atoms with van der Waals surface area (Å²) in [5.74, 6) is -0.252. The third-order valence-electron chi connectivity index (χ3n) is 2.37. The monoisotopic (exact) mass is 171 g/mol. The van der Waals surface area contributed by atoms with Crippen LogP contribution < -0.4 is 11.5 Å². The standard InChI is InChI=1S/C8H17N3O/c9-6-7(5-8(10)12)11-3-1-2-4-11/h7H,1-6,9H2,(H2,10,12). The number of hydrogen-bond acceptors (Lipinski definition) is 3. The molecule has 0 aromatic carbocycles. The maximum atomic E-state index is 10.7. The molecule has 0 bridgehead atoms. The summed E-state index contributed by atoms with van der Waals surface area (Å²) < 4.78 is 0. The van der Waals surface area contributed by atoms with Gasteiger partial charge in [-0.2, -0.15) is 0 Å². The largest absolute Gasteiger partial charge is 0.370 e. The van der Waals surface area contributed by atoms with Gasteiger partial charge in [0.2, 0.25) is 5.91 Å². The summed E-state index contributed by atoms with van der Waals surface area (Å²) in [5.41, 5.74) is 10.7. The molecule has 0 spiro atoms. The summed E-state index contributed by atoms with van der Waals surface area (Å²) in [6.07, 6.45) is 2.83. The van der Waals surface area contributed by atoms with Crippen LogP contribution in [0.2, 0.25) is 0 Å². The summed E-state index contributed by atoms with van der Waals surface area (Å²) in [7, 11) is 0. The lowest BCUT2D eigenvalue weighted by Gasteiger charge is -2.24. The zero-order chi connectivity index (χ0) is 8.97. The normalized spacial score (nSPS) is 21.1. The van der Waals surface area contributed by atoms with Gasteiger partial charge >= 0.3 is 0 Å². The van der Waals surface area contributed by atoms with E-state index in [1.165, 1.54) is 12.8 Å². The molecular formula is C8H17N3O. The first-order valence-corrected chi connectivity index (χ1v) is 4.46. The first-order valence-electron chi connectivity index (χ1n) is 4.46. The van der Waals surface area contributed by atoms with E-state index in [1.807, 2.05) is 0 Å². The molecule has 0 radical (unpaired) electrons. The van der Waals surface area contributed by atoms with Crippen LogP contribution in [-0.4, -0.2) is 36.5 Å². The van der Waals surface area contributed by atoms with Gasteiger partial charge in [0.05, 0.1) is 0 Å². The molecule has 1 aliphatic rings. The van der Waals surface area contributed by atoms with Gasteiger partial charge in [-0.3, -0.25) is 9.69 Å². The molecule has 1 rings (SSSR count). The van der Waals surface area contributed by atoms with Crippen LogP contribution in [0.1, 0.15) is 19.3 Å². The summed E-state index contributed by atoms with van der Waals surface area (Å²) in [6.45, 7) is 2.66. The van der Waals surface area contributed by atoms with E-state index in [9.17, 15) is 4.79 Å². The molecular weight excluding hydrogens is 154 g/mol. The summed E-state index contributed by atoms with van der Waals surface area (Å²) >= 11 is 0. The van der Waals surface area contributed by atoms with Crippen molar-refractivity contribution < 1.29 is 4.79 Å². The molecule has 1 aliphatic heterocycles. The highest BCUT2D eigenvalue weighted by molar-refractivity contribution is 5.74. The van der Waals surface area contributed by atoms with Crippen molar-refractivity contribution in [1.29, 1.82) is 0 Å². The van der Waals surface area contributed by atoms with Crippen LogP contribution >= 0.6 is 0 Å². The second kappa shape index (κ2) is 4.42. The highest BCUT2D eigenvalue weighted by Crippen LogP contribution is 2.12. The molecule has 1 amide bonds. The second-order valence-corrected chi connectivity index (χ2v) is 3.30. The highest BCUT2D eigenvalue weighted by atomic mass is 16.1. The molecule has 1 saturated heterocycles. The maximum absolute atomic E-state index is 10.7. The fourth-order valence-electron chi connectivity index (χ4n) is 1.70. The van der Waals surface area contributed by atoms with E-state index < -0.39 is 0 Å². The van der Waals surface area contributed by atoms with Gasteiger partial charge < -0.3 is 11.5 Å². The Kier molecular flexibility index (Phi) is 3.49. The number of primary amides is 1. The fourth-order valence-corrected chi connectivity index (χ4v) is 1.70. The van der Waals surface area contributed by atoms with E-state index >= 15 is 0 Å². The van der Waals surface area contributed by atoms with Gasteiger partial charge in [0.1, 0.15) is 0 Å². The average Bonchev–Trinajstić information content (AvgIpc) is 2.51. The molecule has 0 aromatic rings. The van der Waals surface area contributed by atoms with Crippen LogP contribution in [0, 0.1) is 0 Å².